The van der Waals surface area contributed by atoms with E-state index in [4.69, 9.17) is 5.84 Å². The fourth-order valence-electron chi connectivity index (χ4n) is 2.13. The summed E-state index contributed by atoms with van der Waals surface area (Å²) in [5.74, 6) is 6.20. The van der Waals surface area contributed by atoms with E-state index in [1.165, 1.54) is 37.0 Å². The Morgan fingerprint density at radius 1 is 1.41 bits per heavy atom. The molecule has 0 spiro atoms. The molecule has 17 heavy (non-hydrogen) atoms. The Kier molecular flexibility index (Phi) is 4.82. The Morgan fingerprint density at radius 3 is 2.88 bits per heavy atom. The van der Waals surface area contributed by atoms with Crippen LogP contribution < -0.4 is 16.6 Å². The molecule has 1 aliphatic carbocycles. The summed E-state index contributed by atoms with van der Waals surface area (Å²) < 4.78 is 0. The zero-order valence-electron chi connectivity index (χ0n) is 9.98. The summed E-state index contributed by atoms with van der Waals surface area (Å²) in [5, 5.41) is 5.45. The number of rotatable bonds is 3. The number of nitrogens with two attached hydrogens (primary N) is 1. The number of hydrogen-bond donors (Lipinski definition) is 3. The van der Waals surface area contributed by atoms with E-state index < -0.39 is 0 Å². The van der Waals surface area contributed by atoms with E-state index in [2.05, 4.69) is 27.2 Å². The molecule has 4 N–H and O–H groups in total. The maximum atomic E-state index is 5.49. The van der Waals surface area contributed by atoms with Gasteiger partial charge in [-0.05, 0) is 24.3 Å². The van der Waals surface area contributed by atoms with Crippen molar-refractivity contribution >= 4 is 17.3 Å². The lowest BCUT2D eigenvalue weighted by atomic mass is 9.96. The highest BCUT2D eigenvalue weighted by molar-refractivity contribution is 7.09. The molecule has 0 amide bonds. The third-order valence-corrected chi connectivity index (χ3v) is 3.92. The van der Waals surface area contributed by atoms with E-state index >= 15 is 0 Å². The second kappa shape index (κ2) is 6.61. The molecule has 1 saturated carbocycles. The van der Waals surface area contributed by atoms with Gasteiger partial charge in [0.1, 0.15) is 0 Å². The molecule has 1 fully saturated rings. The topological polar surface area (TPSA) is 62.4 Å². The monoisotopic (exact) mass is 252 g/mol. The maximum Gasteiger partial charge on any atom is 0.206 e. The number of hydrogen-bond acceptors (Lipinski definition) is 3. The smallest absolute Gasteiger partial charge is 0.206 e. The summed E-state index contributed by atoms with van der Waals surface area (Å²) in [7, 11) is 0. The molecule has 0 saturated heterocycles. The predicted molar refractivity (Wildman–Crippen MR) is 72.8 cm³/mol. The van der Waals surface area contributed by atoms with Gasteiger partial charge < -0.3 is 5.32 Å². The molecule has 2 rings (SSSR count). The lowest BCUT2D eigenvalue weighted by Crippen LogP contribution is -2.47. The summed E-state index contributed by atoms with van der Waals surface area (Å²) in [6.45, 7) is 0.691. The molecule has 1 aliphatic rings. The highest BCUT2D eigenvalue weighted by atomic mass is 32.1. The fourth-order valence-corrected chi connectivity index (χ4v) is 2.76. The van der Waals surface area contributed by atoms with Gasteiger partial charge >= 0.3 is 0 Å². The van der Waals surface area contributed by atoms with E-state index in [1.807, 2.05) is 6.07 Å². The molecule has 0 bridgehead atoms. The zero-order valence-corrected chi connectivity index (χ0v) is 10.8. The molecule has 94 valence electrons. The van der Waals surface area contributed by atoms with Gasteiger partial charge in [0.25, 0.3) is 0 Å². The molecular formula is C12H20N4S. The van der Waals surface area contributed by atoms with E-state index in [-0.39, 0.29) is 0 Å². The molecule has 0 aromatic carbocycles. The number of guanidine groups is 1. The predicted octanol–water partition coefficient (Wildman–Crippen LogP) is 1.99. The first kappa shape index (κ1) is 12.4. The summed E-state index contributed by atoms with van der Waals surface area (Å²) >= 11 is 1.72. The minimum atomic E-state index is 0.530. The lowest BCUT2D eigenvalue weighted by molar-refractivity contribution is 0.410. The van der Waals surface area contributed by atoms with Crippen LogP contribution in [-0.2, 0) is 6.54 Å². The van der Waals surface area contributed by atoms with Gasteiger partial charge in [-0.2, -0.15) is 0 Å². The summed E-state index contributed by atoms with van der Waals surface area (Å²) in [5.41, 5.74) is 2.66. The average molecular weight is 252 g/mol. The molecule has 0 aliphatic heterocycles. The van der Waals surface area contributed by atoms with E-state index in [0.717, 1.165) is 0 Å². The van der Waals surface area contributed by atoms with Crippen LogP contribution >= 0.6 is 11.3 Å². The third kappa shape index (κ3) is 4.02. The van der Waals surface area contributed by atoms with Gasteiger partial charge in [0.05, 0.1) is 6.54 Å². The van der Waals surface area contributed by atoms with Crippen molar-refractivity contribution in [2.75, 3.05) is 0 Å². The van der Waals surface area contributed by atoms with Crippen LogP contribution in [0.1, 0.15) is 37.0 Å². The molecule has 1 aromatic heterocycles. The van der Waals surface area contributed by atoms with Crippen molar-refractivity contribution in [2.45, 2.75) is 44.7 Å². The number of hydrazine groups is 1. The van der Waals surface area contributed by atoms with Gasteiger partial charge in [-0.3, -0.25) is 5.43 Å². The maximum absolute atomic E-state index is 5.49. The van der Waals surface area contributed by atoms with Crippen LogP contribution in [-0.4, -0.2) is 12.0 Å². The van der Waals surface area contributed by atoms with Crippen LogP contribution in [0.25, 0.3) is 0 Å². The van der Waals surface area contributed by atoms with Crippen LogP contribution in [0.5, 0.6) is 0 Å². The van der Waals surface area contributed by atoms with Crippen molar-refractivity contribution in [3.63, 3.8) is 0 Å². The average Bonchev–Trinajstić information content (AvgIpc) is 2.89. The van der Waals surface area contributed by atoms with Crippen LogP contribution in [0.15, 0.2) is 22.5 Å². The van der Waals surface area contributed by atoms with Gasteiger partial charge in [-0.25, -0.2) is 10.8 Å². The van der Waals surface area contributed by atoms with Gasteiger partial charge in [-0.1, -0.05) is 25.3 Å². The summed E-state index contributed by atoms with van der Waals surface area (Å²) in [6, 6.07) is 4.66. The quantitative estimate of drug-likeness (QED) is 0.334. The summed E-state index contributed by atoms with van der Waals surface area (Å²) in [4.78, 5) is 5.71. The van der Waals surface area contributed by atoms with Gasteiger partial charge in [0.15, 0.2) is 0 Å². The Morgan fingerprint density at radius 2 is 2.24 bits per heavy atom. The molecule has 0 unspecified atom stereocenters. The standard InChI is InChI=1S/C12H20N4S/c13-16-12(14-9-11-7-4-8-17-11)15-10-5-2-1-3-6-10/h4,7-8,10H,1-3,5-6,9,13H2,(H2,14,15,16). The second-order valence-corrected chi connectivity index (χ2v) is 5.40. The molecule has 0 radical (unpaired) electrons. The molecule has 1 heterocycles. The molecule has 4 nitrogen and oxygen atoms in total. The number of aliphatic imine (C=N–C) groups is 1. The first-order chi connectivity index (χ1) is 8.38. The summed E-state index contributed by atoms with van der Waals surface area (Å²) in [6.07, 6.45) is 6.41. The van der Waals surface area contributed by atoms with Crippen LogP contribution in [0.2, 0.25) is 0 Å². The van der Waals surface area contributed by atoms with Gasteiger partial charge in [-0.15, -0.1) is 11.3 Å². The first-order valence-corrected chi connectivity index (χ1v) is 7.06. The van der Waals surface area contributed by atoms with Crippen LogP contribution in [0.4, 0.5) is 0 Å². The van der Waals surface area contributed by atoms with Gasteiger partial charge in [0.2, 0.25) is 5.96 Å². The molecular weight excluding hydrogens is 232 g/mol. The minimum absolute atomic E-state index is 0.530. The Bertz CT molecular complexity index is 341. The lowest BCUT2D eigenvalue weighted by Gasteiger charge is -2.24. The number of thiophene rings is 1. The van der Waals surface area contributed by atoms with Crippen molar-refractivity contribution in [2.24, 2.45) is 10.8 Å². The van der Waals surface area contributed by atoms with Crippen molar-refractivity contribution in [1.29, 1.82) is 0 Å². The normalized spacial score (nSPS) is 18.1. The SMILES string of the molecule is NNC(=NCc1cccs1)NC1CCCCC1. The van der Waals surface area contributed by atoms with E-state index in [0.29, 0.717) is 18.5 Å². The van der Waals surface area contributed by atoms with Crippen molar-refractivity contribution < 1.29 is 0 Å². The first-order valence-electron chi connectivity index (χ1n) is 6.18. The number of nitrogens with zero attached hydrogens (tertiary/aromatic N) is 1. The fraction of sp³-hybridized carbons (Fsp3) is 0.583. The molecule has 1 aromatic rings. The van der Waals surface area contributed by atoms with Crippen molar-refractivity contribution in [3.8, 4) is 0 Å². The Labute approximate surface area is 106 Å². The zero-order chi connectivity index (χ0) is 11.9. The van der Waals surface area contributed by atoms with E-state index in [1.54, 1.807) is 11.3 Å². The Hall–Kier alpha value is -1.07. The third-order valence-electron chi connectivity index (χ3n) is 3.06. The number of nitrogens with one attached hydrogen (secondary N) is 2. The molecule has 0 atom stereocenters. The van der Waals surface area contributed by atoms with E-state index in [9.17, 15) is 0 Å². The molecule has 5 heteroatoms. The van der Waals surface area contributed by atoms with Crippen molar-refractivity contribution in [3.05, 3.63) is 22.4 Å². The minimum Gasteiger partial charge on any atom is -0.353 e. The van der Waals surface area contributed by atoms with Crippen LogP contribution in [0.3, 0.4) is 0 Å². The van der Waals surface area contributed by atoms with Gasteiger partial charge in [0, 0.05) is 10.9 Å². The largest absolute Gasteiger partial charge is 0.353 e. The van der Waals surface area contributed by atoms with Crippen LogP contribution in [0, 0.1) is 0 Å². The second-order valence-electron chi connectivity index (χ2n) is 4.37. The highest BCUT2D eigenvalue weighted by Crippen LogP contribution is 2.17. The highest BCUT2D eigenvalue weighted by Gasteiger charge is 2.13. The Balaban J connectivity index is 1.84. The van der Waals surface area contributed by atoms with Crippen molar-refractivity contribution in [1.82, 2.24) is 10.7 Å².